The summed E-state index contributed by atoms with van der Waals surface area (Å²) in [6, 6.07) is 0. The highest BCUT2D eigenvalue weighted by molar-refractivity contribution is 5.33. The molecule has 0 N–H and O–H groups in total. The van der Waals surface area contributed by atoms with Crippen LogP contribution in [0.15, 0.2) is 23.3 Å². The van der Waals surface area contributed by atoms with E-state index in [4.69, 9.17) is 0 Å². The van der Waals surface area contributed by atoms with Gasteiger partial charge in [-0.25, -0.2) is 0 Å². The van der Waals surface area contributed by atoms with Gasteiger partial charge in [-0.1, -0.05) is 44.9 Å². The fraction of sp³-hybridized carbons (Fsp3) is 0.692. The van der Waals surface area contributed by atoms with Crippen LogP contribution < -0.4 is 0 Å². The van der Waals surface area contributed by atoms with Crippen molar-refractivity contribution in [2.45, 2.75) is 52.9 Å². The molecular weight excluding hydrogens is 156 g/mol. The number of unbranched alkanes of at least 4 members (excludes halogenated alkanes) is 1. The lowest BCUT2D eigenvalue weighted by molar-refractivity contribution is 0.642. The molecule has 0 nitrogen and oxygen atoms in total. The average molecular weight is 178 g/mol. The van der Waals surface area contributed by atoms with Crippen molar-refractivity contribution in [2.24, 2.45) is 5.92 Å². The van der Waals surface area contributed by atoms with Crippen LogP contribution in [0.4, 0.5) is 0 Å². The van der Waals surface area contributed by atoms with E-state index in [0.29, 0.717) is 0 Å². The molecular formula is C13H22. The van der Waals surface area contributed by atoms with Crippen LogP contribution in [0, 0.1) is 5.92 Å². The maximum atomic E-state index is 2.34. The standard InChI is InChI=1S/C13H22/c1-4-5-7-12-8-6-9-13(12)10-11(2)3/h6,9,11H,4-5,7-8,10H2,1-3H3. The van der Waals surface area contributed by atoms with Crippen LogP contribution in [-0.2, 0) is 0 Å². The average Bonchev–Trinajstić information content (AvgIpc) is 2.48. The molecule has 0 bridgehead atoms. The lowest BCUT2D eigenvalue weighted by Crippen LogP contribution is -1.92. The van der Waals surface area contributed by atoms with Gasteiger partial charge < -0.3 is 0 Å². The Bertz CT molecular complexity index is 206. The first-order valence-electron chi connectivity index (χ1n) is 5.61. The number of allylic oxidation sites excluding steroid dienone is 4. The van der Waals surface area contributed by atoms with E-state index < -0.39 is 0 Å². The van der Waals surface area contributed by atoms with E-state index in [1.54, 1.807) is 11.1 Å². The summed E-state index contributed by atoms with van der Waals surface area (Å²) < 4.78 is 0. The second-order valence-electron chi connectivity index (χ2n) is 4.44. The molecule has 0 saturated carbocycles. The first-order valence-corrected chi connectivity index (χ1v) is 5.61. The summed E-state index contributed by atoms with van der Waals surface area (Å²) >= 11 is 0. The zero-order valence-electron chi connectivity index (χ0n) is 9.27. The van der Waals surface area contributed by atoms with Crippen molar-refractivity contribution in [1.82, 2.24) is 0 Å². The van der Waals surface area contributed by atoms with Crippen molar-refractivity contribution >= 4 is 0 Å². The SMILES string of the molecule is CCCCC1=C(CC(C)C)C=CC1. The van der Waals surface area contributed by atoms with Crippen molar-refractivity contribution in [1.29, 1.82) is 0 Å². The highest BCUT2D eigenvalue weighted by Crippen LogP contribution is 2.28. The van der Waals surface area contributed by atoms with Gasteiger partial charge in [0.15, 0.2) is 0 Å². The van der Waals surface area contributed by atoms with Crippen LogP contribution in [0.25, 0.3) is 0 Å². The molecule has 1 aliphatic rings. The Morgan fingerprint density at radius 1 is 1.38 bits per heavy atom. The molecule has 0 aromatic rings. The third-order valence-corrected chi connectivity index (χ3v) is 2.60. The molecule has 1 aliphatic carbocycles. The molecule has 0 aliphatic heterocycles. The summed E-state index contributed by atoms with van der Waals surface area (Å²) in [5.74, 6) is 0.800. The molecule has 0 spiro atoms. The summed E-state index contributed by atoms with van der Waals surface area (Å²) in [6.45, 7) is 6.87. The van der Waals surface area contributed by atoms with Gasteiger partial charge in [0.2, 0.25) is 0 Å². The van der Waals surface area contributed by atoms with Crippen LogP contribution in [0.5, 0.6) is 0 Å². The lowest BCUT2D eigenvalue weighted by Gasteiger charge is -2.08. The minimum absolute atomic E-state index is 0.800. The maximum absolute atomic E-state index is 2.34. The van der Waals surface area contributed by atoms with E-state index in [2.05, 4.69) is 32.9 Å². The lowest BCUT2D eigenvalue weighted by atomic mass is 9.97. The monoisotopic (exact) mass is 178 g/mol. The van der Waals surface area contributed by atoms with E-state index in [0.717, 1.165) is 5.92 Å². The molecule has 0 amide bonds. The van der Waals surface area contributed by atoms with Gasteiger partial charge in [-0.3, -0.25) is 0 Å². The second-order valence-corrected chi connectivity index (χ2v) is 4.44. The van der Waals surface area contributed by atoms with Crippen molar-refractivity contribution in [3.8, 4) is 0 Å². The van der Waals surface area contributed by atoms with Crippen LogP contribution in [0.3, 0.4) is 0 Å². The predicted molar refractivity (Wildman–Crippen MR) is 59.8 cm³/mol. The summed E-state index contributed by atoms with van der Waals surface area (Å²) in [6.07, 6.45) is 11.2. The minimum Gasteiger partial charge on any atom is -0.0802 e. The van der Waals surface area contributed by atoms with Crippen molar-refractivity contribution in [2.75, 3.05) is 0 Å². The van der Waals surface area contributed by atoms with Crippen molar-refractivity contribution < 1.29 is 0 Å². The van der Waals surface area contributed by atoms with Crippen LogP contribution in [-0.4, -0.2) is 0 Å². The molecule has 0 heteroatoms. The quantitative estimate of drug-likeness (QED) is 0.582. The van der Waals surface area contributed by atoms with E-state index in [1.165, 1.54) is 32.1 Å². The molecule has 0 aromatic carbocycles. The van der Waals surface area contributed by atoms with Crippen molar-refractivity contribution in [3.05, 3.63) is 23.3 Å². The van der Waals surface area contributed by atoms with Crippen LogP contribution in [0.1, 0.15) is 52.9 Å². The molecule has 1 rings (SSSR count). The molecule has 0 atom stereocenters. The Morgan fingerprint density at radius 2 is 2.15 bits per heavy atom. The van der Waals surface area contributed by atoms with E-state index in [-0.39, 0.29) is 0 Å². The van der Waals surface area contributed by atoms with Gasteiger partial charge in [0.05, 0.1) is 0 Å². The fourth-order valence-electron chi connectivity index (χ4n) is 1.90. The van der Waals surface area contributed by atoms with E-state index in [9.17, 15) is 0 Å². The van der Waals surface area contributed by atoms with Gasteiger partial charge >= 0.3 is 0 Å². The van der Waals surface area contributed by atoms with Gasteiger partial charge in [0.25, 0.3) is 0 Å². The highest BCUT2D eigenvalue weighted by Gasteiger charge is 2.09. The van der Waals surface area contributed by atoms with E-state index in [1.807, 2.05) is 0 Å². The smallest absolute Gasteiger partial charge is 0.0130 e. The molecule has 0 aromatic heterocycles. The number of hydrogen-bond acceptors (Lipinski definition) is 0. The third kappa shape index (κ3) is 3.38. The number of hydrogen-bond donors (Lipinski definition) is 0. The second kappa shape index (κ2) is 5.26. The first kappa shape index (κ1) is 10.6. The zero-order valence-corrected chi connectivity index (χ0v) is 9.27. The van der Waals surface area contributed by atoms with Gasteiger partial charge in [-0.15, -0.1) is 0 Å². The van der Waals surface area contributed by atoms with Crippen LogP contribution >= 0.6 is 0 Å². The maximum Gasteiger partial charge on any atom is -0.0130 e. The summed E-state index contributed by atoms with van der Waals surface area (Å²) in [5.41, 5.74) is 3.33. The Hall–Kier alpha value is -0.520. The normalized spacial score (nSPS) is 16.3. The Morgan fingerprint density at radius 3 is 2.77 bits per heavy atom. The first-order chi connectivity index (χ1) is 6.24. The van der Waals surface area contributed by atoms with E-state index >= 15 is 0 Å². The predicted octanol–water partition coefficient (Wildman–Crippen LogP) is 4.48. The number of rotatable bonds is 5. The van der Waals surface area contributed by atoms with Gasteiger partial charge in [-0.2, -0.15) is 0 Å². The fourth-order valence-corrected chi connectivity index (χ4v) is 1.90. The Kier molecular flexibility index (Phi) is 4.27. The van der Waals surface area contributed by atoms with Gasteiger partial charge in [0, 0.05) is 0 Å². The molecule has 0 fully saturated rings. The Balaban J connectivity index is 2.48. The minimum atomic E-state index is 0.800. The van der Waals surface area contributed by atoms with Crippen LogP contribution in [0.2, 0.25) is 0 Å². The topological polar surface area (TPSA) is 0 Å². The molecule has 0 saturated heterocycles. The van der Waals surface area contributed by atoms with Gasteiger partial charge in [0.1, 0.15) is 0 Å². The van der Waals surface area contributed by atoms with Crippen molar-refractivity contribution in [3.63, 3.8) is 0 Å². The summed E-state index contributed by atoms with van der Waals surface area (Å²) in [5, 5.41) is 0. The molecule has 0 radical (unpaired) electrons. The molecule has 74 valence electrons. The zero-order chi connectivity index (χ0) is 9.68. The summed E-state index contributed by atoms with van der Waals surface area (Å²) in [4.78, 5) is 0. The molecule has 13 heavy (non-hydrogen) atoms. The highest BCUT2D eigenvalue weighted by atomic mass is 14.1. The van der Waals surface area contributed by atoms with Gasteiger partial charge in [-0.05, 0) is 37.2 Å². The summed E-state index contributed by atoms with van der Waals surface area (Å²) in [7, 11) is 0. The molecule has 0 heterocycles. The Labute approximate surface area is 82.7 Å². The molecule has 0 unspecified atom stereocenters. The third-order valence-electron chi connectivity index (χ3n) is 2.60. The largest absolute Gasteiger partial charge is 0.0802 e.